The largest absolute Gasteiger partial charge is 0.388 e. The van der Waals surface area contributed by atoms with Crippen LogP contribution in [0.1, 0.15) is 19.5 Å². The molecule has 0 atom stereocenters. The van der Waals surface area contributed by atoms with Crippen LogP contribution in [0.4, 0.5) is 5.82 Å². The maximum Gasteiger partial charge on any atom is 0.155 e. The van der Waals surface area contributed by atoms with Gasteiger partial charge in [-0.15, -0.1) is 0 Å². The molecule has 0 fully saturated rings. The molecule has 0 saturated carbocycles. The lowest BCUT2D eigenvalue weighted by molar-refractivity contribution is 0.0343. The van der Waals surface area contributed by atoms with Gasteiger partial charge in [-0.2, -0.15) is 0 Å². The summed E-state index contributed by atoms with van der Waals surface area (Å²) in [5, 5.41) is 3.12. The van der Waals surface area contributed by atoms with Gasteiger partial charge in [0.2, 0.25) is 0 Å². The smallest absolute Gasteiger partial charge is 0.155 e. The minimum Gasteiger partial charge on any atom is -0.388 e. The second kappa shape index (κ2) is 5.18. The van der Waals surface area contributed by atoms with Gasteiger partial charge < -0.3 is 15.8 Å². The molecule has 0 aliphatic heterocycles. The van der Waals surface area contributed by atoms with Crippen molar-refractivity contribution >= 4 is 23.0 Å². The molecule has 16 heavy (non-hydrogen) atoms. The van der Waals surface area contributed by atoms with E-state index in [9.17, 15) is 0 Å². The molecular weight excluding hydrogens is 224 g/mol. The topological polar surface area (TPSA) is 73.1 Å². The molecule has 0 aliphatic carbocycles. The summed E-state index contributed by atoms with van der Waals surface area (Å²) in [6, 6.07) is 0. The van der Waals surface area contributed by atoms with Crippen molar-refractivity contribution in [2.45, 2.75) is 19.4 Å². The summed E-state index contributed by atoms with van der Waals surface area (Å²) >= 11 is 4.89. The van der Waals surface area contributed by atoms with E-state index in [1.807, 2.05) is 13.8 Å². The summed E-state index contributed by atoms with van der Waals surface area (Å²) in [6.07, 6.45) is 3.14. The van der Waals surface area contributed by atoms with Crippen molar-refractivity contribution in [1.29, 1.82) is 0 Å². The van der Waals surface area contributed by atoms with Crippen LogP contribution < -0.4 is 11.1 Å². The molecular formula is C10H16N4OS. The van der Waals surface area contributed by atoms with Crippen LogP contribution in [-0.4, -0.2) is 34.2 Å². The van der Waals surface area contributed by atoms with Gasteiger partial charge in [0.15, 0.2) is 5.82 Å². The first kappa shape index (κ1) is 12.8. The molecule has 0 spiro atoms. The van der Waals surface area contributed by atoms with Gasteiger partial charge in [0.25, 0.3) is 0 Å². The zero-order valence-corrected chi connectivity index (χ0v) is 10.5. The molecule has 88 valence electrons. The third-order valence-corrected chi connectivity index (χ3v) is 2.36. The summed E-state index contributed by atoms with van der Waals surface area (Å²) < 4.78 is 5.28. The van der Waals surface area contributed by atoms with Crippen LogP contribution in [0, 0.1) is 0 Å². The summed E-state index contributed by atoms with van der Waals surface area (Å²) in [5.41, 5.74) is 5.76. The maximum absolute atomic E-state index is 5.54. The highest BCUT2D eigenvalue weighted by molar-refractivity contribution is 7.80. The third-order valence-electron chi connectivity index (χ3n) is 2.17. The van der Waals surface area contributed by atoms with E-state index in [0.717, 1.165) is 0 Å². The quantitative estimate of drug-likeness (QED) is 0.746. The molecule has 0 aliphatic rings. The summed E-state index contributed by atoms with van der Waals surface area (Å²) in [5.74, 6) is 0.583. The minimum absolute atomic E-state index is 0.228. The van der Waals surface area contributed by atoms with E-state index in [1.165, 1.54) is 0 Å². The number of ether oxygens (including phenoxy) is 1. The van der Waals surface area contributed by atoms with Crippen molar-refractivity contribution in [3.63, 3.8) is 0 Å². The van der Waals surface area contributed by atoms with Gasteiger partial charge in [-0.3, -0.25) is 0 Å². The predicted molar refractivity (Wildman–Crippen MR) is 67.5 cm³/mol. The number of aromatic nitrogens is 2. The van der Waals surface area contributed by atoms with E-state index < -0.39 is 0 Å². The van der Waals surface area contributed by atoms with Crippen molar-refractivity contribution in [3.05, 3.63) is 18.1 Å². The fourth-order valence-electron chi connectivity index (χ4n) is 1.02. The lowest BCUT2D eigenvalue weighted by atomic mass is 10.1. The Hall–Kier alpha value is -1.27. The minimum atomic E-state index is -0.287. The normalized spacial score (nSPS) is 11.2. The number of methoxy groups -OCH3 is 1. The Balaban J connectivity index is 2.78. The molecule has 6 heteroatoms. The van der Waals surface area contributed by atoms with Gasteiger partial charge in [0, 0.05) is 26.0 Å². The van der Waals surface area contributed by atoms with Gasteiger partial charge >= 0.3 is 0 Å². The second-order valence-electron chi connectivity index (χ2n) is 3.94. The SMILES string of the molecule is COC(C)(C)CNc1nccnc1C(N)=S. The van der Waals surface area contributed by atoms with Gasteiger partial charge in [-0.1, -0.05) is 12.2 Å². The van der Waals surface area contributed by atoms with Crippen molar-refractivity contribution in [1.82, 2.24) is 9.97 Å². The predicted octanol–water partition coefficient (Wildman–Crippen LogP) is 0.948. The molecule has 0 amide bonds. The molecule has 5 nitrogen and oxygen atoms in total. The van der Waals surface area contributed by atoms with Crippen molar-refractivity contribution < 1.29 is 4.74 Å². The first-order valence-electron chi connectivity index (χ1n) is 4.86. The van der Waals surface area contributed by atoms with E-state index in [0.29, 0.717) is 18.1 Å². The number of hydrogen-bond acceptors (Lipinski definition) is 5. The van der Waals surface area contributed by atoms with Crippen LogP contribution in [0.5, 0.6) is 0 Å². The molecule has 1 heterocycles. The van der Waals surface area contributed by atoms with Crippen molar-refractivity contribution in [2.75, 3.05) is 19.0 Å². The highest BCUT2D eigenvalue weighted by Gasteiger charge is 2.17. The number of anilines is 1. The van der Waals surface area contributed by atoms with Gasteiger partial charge in [-0.05, 0) is 13.8 Å². The van der Waals surface area contributed by atoms with Crippen LogP contribution in [0.2, 0.25) is 0 Å². The Kier molecular flexibility index (Phi) is 4.14. The highest BCUT2D eigenvalue weighted by Crippen LogP contribution is 2.12. The fraction of sp³-hybridized carbons (Fsp3) is 0.500. The summed E-state index contributed by atoms with van der Waals surface area (Å²) in [6.45, 7) is 4.53. The Morgan fingerprint density at radius 2 is 2.12 bits per heavy atom. The van der Waals surface area contributed by atoms with Crippen LogP contribution >= 0.6 is 12.2 Å². The van der Waals surface area contributed by atoms with E-state index in [1.54, 1.807) is 19.5 Å². The molecule has 0 saturated heterocycles. The average Bonchev–Trinajstić information content (AvgIpc) is 2.27. The number of hydrogen-bond donors (Lipinski definition) is 2. The third kappa shape index (κ3) is 3.39. The second-order valence-corrected chi connectivity index (χ2v) is 4.38. The Labute approximate surface area is 100 Å². The van der Waals surface area contributed by atoms with Crippen molar-refractivity contribution in [3.8, 4) is 0 Å². The van der Waals surface area contributed by atoms with Crippen LogP contribution in [0.3, 0.4) is 0 Å². The lowest BCUT2D eigenvalue weighted by Gasteiger charge is -2.23. The molecule has 0 aromatic carbocycles. The van der Waals surface area contributed by atoms with Crippen LogP contribution in [0.15, 0.2) is 12.4 Å². The van der Waals surface area contributed by atoms with Gasteiger partial charge in [0.1, 0.15) is 10.7 Å². The highest BCUT2D eigenvalue weighted by atomic mass is 32.1. The maximum atomic E-state index is 5.54. The number of nitrogens with zero attached hydrogens (tertiary/aromatic N) is 2. The van der Waals surface area contributed by atoms with Gasteiger partial charge in [-0.25, -0.2) is 9.97 Å². The monoisotopic (exact) mass is 240 g/mol. The zero-order chi connectivity index (χ0) is 12.2. The Morgan fingerprint density at radius 3 is 2.69 bits per heavy atom. The zero-order valence-electron chi connectivity index (χ0n) is 9.65. The molecule has 0 unspecified atom stereocenters. The van der Waals surface area contributed by atoms with Crippen molar-refractivity contribution in [2.24, 2.45) is 5.73 Å². The van der Waals surface area contributed by atoms with E-state index in [4.69, 9.17) is 22.7 Å². The first-order valence-corrected chi connectivity index (χ1v) is 5.27. The Morgan fingerprint density at radius 1 is 1.50 bits per heavy atom. The molecule has 1 aromatic heterocycles. The van der Waals surface area contributed by atoms with Crippen LogP contribution in [-0.2, 0) is 4.74 Å². The lowest BCUT2D eigenvalue weighted by Crippen LogP contribution is -2.33. The molecule has 0 bridgehead atoms. The molecule has 0 radical (unpaired) electrons. The van der Waals surface area contributed by atoms with E-state index in [-0.39, 0.29) is 10.6 Å². The number of rotatable bonds is 5. The van der Waals surface area contributed by atoms with E-state index in [2.05, 4.69) is 15.3 Å². The fourth-order valence-corrected chi connectivity index (χ4v) is 1.17. The van der Waals surface area contributed by atoms with Gasteiger partial charge in [0.05, 0.1) is 5.60 Å². The average molecular weight is 240 g/mol. The summed E-state index contributed by atoms with van der Waals surface area (Å²) in [7, 11) is 1.66. The number of thiocarbonyl (C=S) groups is 1. The first-order chi connectivity index (χ1) is 7.46. The van der Waals surface area contributed by atoms with E-state index >= 15 is 0 Å². The standard InChI is InChI=1S/C10H16N4OS/c1-10(2,15-3)6-14-9-7(8(11)16)12-4-5-13-9/h4-5H,6H2,1-3H3,(H2,11,16)(H,13,14). The number of nitrogens with one attached hydrogen (secondary N) is 1. The Bertz CT molecular complexity index is 381. The summed E-state index contributed by atoms with van der Waals surface area (Å²) in [4.78, 5) is 8.44. The molecule has 1 aromatic rings. The van der Waals surface area contributed by atoms with Crippen LogP contribution in [0.25, 0.3) is 0 Å². The number of nitrogens with two attached hydrogens (primary N) is 1. The molecule has 3 N–H and O–H groups in total. The molecule has 1 rings (SSSR count).